The molecule has 0 aliphatic heterocycles. The molecule has 0 saturated carbocycles. The Bertz CT molecular complexity index is 263. The van der Waals surface area contributed by atoms with Gasteiger partial charge in [-0.1, -0.05) is 13.8 Å². The predicted octanol–water partition coefficient (Wildman–Crippen LogP) is 3.43. The normalized spacial score (nSPS) is 13.5. The number of hydrogen-bond donors (Lipinski definition) is 1. The minimum atomic E-state index is 0.315. The molecule has 1 aromatic rings. The van der Waals surface area contributed by atoms with E-state index < -0.39 is 0 Å². The lowest BCUT2D eigenvalue weighted by atomic mass is 10.1. The second-order valence-corrected chi connectivity index (χ2v) is 3.87. The first kappa shape index (κ1) is 11.3. The van der Waals surface area contributed by atoms with E-state index in [9.17, 15) is 0 Å². The topological polar surface area (TPSA) is 25.2 Å². The average molecular weight is 195 g/mol. The zero-order valence-corrected chi connectivity index (χ0v) is 9.63. The molecule has 14 heavy (non-hydrogen) atoms. The Morgan fingerprint density at radius 3 is 2.43 bits per heavy atom. The molecule has 2 heteroatoms. The lowest BCUT2D eigenvalue weighted by Crippen LogP contribution is -2.30. The van der Waals surface area contributed by atoms with E-state index in [-0.39, 0.29) is 0 Å². The maximum Gasteiger partial charge on any atom is 0.123 e. The van der Waals surface area contributed by atoms with E-state index >= 15 is 0 Å². The summed E-state index contributed by atoms with van der Waals surface area (Å²) in [6.07, 6.45) is 4.09. The van der Waals surface area contributed by atoms with Gasteiger partial charge in [-0.3, -0.25) is 0 Å². The van der Waals surface area contributed by atoms with E-state index in [1.807, 2.05) is 6.07 Å². The van der Waals surface area contributed by atoms with Crippen molar-refractivity contribution >= 4 is 0 Å². The Kier molecular flexibility index (Phi) is 4.21. The van der Waals surface area contributed by atoms with Crippen LogP contribution in [0.2, 0.25) is 0 Å². The van der Waals surface area contributed by atoms with Crippen molar-refractivity contribution in [2.45, 2.75) is 52.6 Å². The zero-order chi connectivity index (χ0) is 10.6. The number of nitrogens with one attached hydrogen (secondary N) is 1. The smallest absolute Gasteiger partial charge is 0.123 e. The minimum absolute atomic E-state index is 0.315. The molecule has 0 spiro atoms. The van der Waals surface area contributed by atoms with E-state index in [1.54, 1.807) is 6.26 Å². The van der Waals surface area contributed by atoms with Crippen molar-refractivity contribution in [1.82, 2.24) is 5.32 Å². The highest BCUT2D eigenvalue weighted by Gasteiger charge is 2.14. The highest BCUT2D eigenvalue weighted by atomic mass is 16.3. The van der Waals surface area contributed by atoms with Crippen LogP contribution in [-0.2, 0) is 0 Å². The van der Waals surface area contributed by atoms with Gasteiger partial charge in [0.25, 0.3) is 0 Å². The van der Waals surface area contributed by atoms with E-state index in [0.29, 0.717) is 12.1 Å². The Morgan fingerprint density at radius 1 is 1.36 bits per heavy atom. The van der Waals surface area contributed by atoms with Crippen LogP contribution in [0, 0.1) is 6.92 Å². The van der Waals surface area contributed by atoms with Crippen LogP contribution in [0.5, 0.6) is 0 Å². The first-order valence-corrected chi connectivity index (χ1v) is 5.49. The molecule has 0 amide bonds. The Balaban J connectivity index is 2.58. The van der Waals surface area contributed by atoms with Crippen LogP contribution in [-0.4, -0.2) is 6.04 Å². The van der Waals surface area contributed by atoms with Crippen molar-refractivity contribution in [2.24, 2.45) is 0 Å². The van der Waals surface area contributed by atoms with Crippen molar-refractivity contribution in [1.29, 1.82) is 0 Å². The fourth-order valence-electron chi connectivity index (χ4n) is 1.78. The van der Waals surface area contributed by atoms with Crippen molar-refractivity contribution in [2.75, 3.05) is 0 Å². The summed E-state index contributed by atoms with van der Waals surface area (Å²) >= 11 is 0. The molecule has 1 heterocycles. The summed E-state index contributed by atoms with van der Waals surface area (Å²) in [5.41, 5.74) is 1.23. The van der Waals surface area contributed by atoms with Crippen molar-refractivity contribution in [3.05, 3.63) is 23.7 Å². The summed E-state index contributed by atoms with van der Waals surface area (Å²) in [4.78, 5) is 0. The summed E-state index contributed by atoms with van der Waals surface area (Å²) in [5.74, 6) is 1.07. The lowest BCUT2D eigenvalue weighted by molar-refractivity contribution is 0.374. The molecule has 1 atom stereocenters. The van der Waals surface area contributed by atoms with Gasteiger partial charge in [0.2, 0.25) is 0 Å². The lowest BCUT2D eigenvalue weighted by Gasteiger charge is -2.20. The van der Waals surface area contributed by atoms with Crippen molar-refractivity contribution in [3.63, 3.8) is 0 Å². The molecule has 80 valence electrons. The number of aryl methyl sites for hydroxylation is 1. The van der Waals surface area contributed by atoms with Gasteiger partial charge in [0.15, 0.2) is 0 Å². The molecule has 1 rings (SSSR count). The maximum atomic E-state index is 5.45. The van der Waals surface area contributed by atoms with Crippen LogP contribution in [0.25, 0.3) is 0 Å². The SMILES string of the molecule is CCC(CC)NC(C)c1occc1C. The second kappa shape index (κ2) is 5.20. The van der Waals surface area contributed by atoms with Gasteiger partial charge in [0.1, 0.15) is 5.76 Å². The molecule has 1 N–H and O–H groups in total. The first-order valence-electron chi connectivity index (χ1n) is 5.49. The fraction of sp³-hybridized carbons (Fsp3) is 0.667. The Morgan fingerprint density at radius 2 is 2.00 bits per heavy atom. The van der Waals surface area contributed by atoms with Crippen LogP contribution in [0.3, 0.4) is 0 Å². The standard InChI is InChI=1S/C12H21NO/c1-5-11(6-2)13-10(4)12-9(3)7-8-14-12/h7-8,10-11,13H,5-6H2,1-4H3. The van der Waals surface area contributed by atoms with Gasteiger partial charge in [-0.05, 0) is 38.3 Å². The average Bonchev–Trinajstić information content (AvgIpc) is 2.60. The molecule has 0 aromatic carbocycles. The molecule has 0 fully saturated rings. The molecular weight excluding hydrogens is 174 g/mol. The van der Waals surface area contributed by atoms with Gasteiger partial charge >= 0.3 is 0 Å². The molecule has 2 nitrogen and oxygen atoms in total. The molecule has 0 aliphatic rings. The Labute approximate surface area is 86.7 Å². The highest BCUT2D eigenvalue weighted by Crippen LogP contribution is 2.19. The molecule has 0 bridgehead atoms. The first-order chi connectivity index (χ1) is 6.69. The molecule has 0 saturated heterocycles. The van der Waals surface area contributed by atoms with Gasteiger partial charge < -0.3 is 9.73 Å². The number of hydrogen-bond acceptors (Lipinski definition) is 2. The molecule has 0 aliphatic carbocycles. The molecule has 1 aromatic heterocycles. The summed E-state index contributed by atoms with van der Waals surface area (Å²) < 4.78 is 5.45. The van der Waals surface area contributed by atoms with Crippen LogP contribution >= 0.6 is 0 Å². The van der Waals surface area contributed by atoms with Crippen molar-refractivity contribution in [3.8, 4) is 0 Å². The number of rotatable bonds is 5. The van der Waals surface area contributed by atoms with E-state index in [2.05, 4.69) is 33.0 Å². The van der Waals surface area contributed by atoms with Gasteiger partial charge in [-0.2, -0.15) is 0 Å². The monoisotopic (exact) mass is 195 g/mol. The third kappa shape index (κ3) is 2.61. The van der Waals surface area contributed by atoms with Gasteiger partial charge in [-0.25, -0.2) is 0 Å². The van der Waals surface area contributed by atoms with Crippen molar-refractivity contribution < 1.29 is 4.42 Å². The summed E-state index contributed by atoms with van der Waals surface area (Å²) in [6.45, 7) is 8.67. The minimum Gasteiger partial charge on any atom is -0.467 e. The van der Waals surface area contributed by atoms with E-state index in [1.165, 1.54) is 18.4 Å². The number of furan rings is 1. The van der Waals surface area contributed by atoms with Crippen LogP contribution in [0.1, 0.15) is 51.0 Å². The van der Waals surface area contributed by atoms with Crippen LogP contribution < -0.4 is 5.32 Å². The van der Waals surface area contributed by atoms with Gasteiger partial charge in [0, 0.05) is 6.04 Å². The largest absolute Gasteiger partial charge is 0.467 e. The Hall–Kier alpha value is -0.760. The van der Waals surface area contributed by atoms with Crippen LogP contribution in [0.15, 0.2) is 16.7 Å². The third-order valence-corrected chi connectivity index (χ3v) is 2.77. The van der Waals surface area contributed by atoms with Gasteiger partial charge in [0.05, 0.1) is 12.3 Å². The zero-order valence-electron chi connectivity index (χ0n) is 9.63. The van der Waals surface area contributed by atoms with Gasteiger partial charge in [-0.15, -0.1) is 0 Å². The summed E-state index contributed by atoms with van der Waals surface area (Å²) in [6, 6.07) is 2.92. The molecule has 1 unspecified atom stereocenters. The fourth-order valence-corrected chi connectivity index (χ4v) is 1.78. The molecule has 0 radical (unpaired) electrons. The third-order valence-electron chi connectivity index (χ3n) is 2.77. The maximum absolute atomic E-state index is 5.45. The summed E-state index contributed by atoms with van der Waals surface area (Å²) in [7, 11) is 0. The van der Waals surface area contributed by atoms with E-state index in [4.69, 9.17) is 4.42 Å². The highest BCUT2D eigenvalue weighted by molar-refractivity contribution is 5.17. The van der Waals surface area contributed by atoms with Crippen LogP contribution in [0.4, 0.5) is 0 Å². The predicted molar refractivity (Wildman–Crippen MR) is 59.4 cm³/mol. The quantitative estimate of drug-likeness (QED) is 0.778. The second-order valence-electron chi connectivity index (χ2n) is 3.87. The van der Waals surface area contributed by atoms with E-state index in [0.717, 1.165) is 5.76 Å². The molecular formula is C12H21NO. The summed E-state index contributed by atoms with van der Waals surface area (Å²) in [5, 5.41) is 3.57.